The summed E-state index contributed by atoms with van der Waals surface area (Å²) in [7, 11) is 2.40. The van der Waals surface area contributed by atoms with Gasteiger partial charge in [-0.2, -0.15) is 0 Å². The summed E-state index contributed by atoms with van der Waals surface area (Å²) >= 11 is 0. The molecular formula is C36H40F2N8O6. The Morgan fingerprint density at radius 2 is 1.02 bits per heavy atom. The van der Waals surface area contributed by atoms with Crippen molar-refractivity contribution in [1.82, 2.24) is 40.4 Å². The molecule has 2 aromatic heterocycles. The van der Waals surface area contributed by atoms with Crippen LogP contribution in [0.2, 0.25) is 0 Å². The summed E-state index contributed by atoms with van der Waals surface area (Å²) in [5.74, 6) is 0.0510. The second-order valence-corrected chi connectivity index (χ2v) is 12.9. The third-order valence-corrected chi connectivity index (χ3v) is 9.39. The molecule has 0 aliphatic carbocycles. The zero-order chi connectivity index (χ0) is 37.1. The first-order chi connectivity index (χ1) is 24.9. The molecule has 52 heavy (non-hydrogen) atoms. The van der Waals surface area contributed by atoms with Crippen LogP contribution in [-0.4, -0.2) is 105 Å². The van der Waals surface area contributed by atoms with E-state index in [9.17, 15) is 28.0 Å². The molecule has 4 N–H and O–H groups in total. The number of halogens is 2. The van der Waals surface area contributed by atoms with Crippen LogP contribution < -0.4 is 10.6 Å². The molecule has 274 valence electrons. The third-order valence-electron chi connectivity index (χ3n) is 9.39. The van der Waals surface area contributed by atoms with Crippen molar-refractivity contribution in [3.05, 3.63) is 72.6 Å². The largest absolute Gasteiger partial charge is 0.453 e. The fraction of sp³-hybridized carbons (Fsp3) is 0.389. The van der Waals surface area contributed by atoms with Gasteiger partial charge in [0.05, 0.1) is 63.2 Å². The number of aromatic nitrogens is 4. The summed E-state index contributed by atoms with van der Waals surface area (Å²) in [6.07, 6.45) is -0.466. The molecule has 0 bridgehead atoms. The molecule has 2 fully saturated rings. The van der Waals surface area contributed by atoms with Crippen LogP contribution in [0.1, 0.15) is 50.4 Å². The number of nitrogens with zero attached hydrogens (tertiary/aromatic N) is 4. The van der Waals surface area contributed by atoms with Crippen molar-refractivity contribution in [1.29, 1.82) is 0 Å². The van der Waals surface area contributed by atoms with E-state index in [-0.39, 0.29) is 25.9 Å². The van der Waals surface area contributed by atoms with E-state index in [2.05, 4.69) is 40.0 Å². The van der Waals surface area contributed by atoms with Gasteiger partial charge >= 0.3 is 12.2 Å². The van der Waals surface area contributed by atoms with E-state index < -0.39 is 60.5 Å². The summed E-state index contributed by atoms with van der Waals surface area (Å²) in [5.41, 5.74) is 5.04. The van der Waals surface area contributed by atoms with Crippen molar-refractivity contribution < 1.29 is 37.4 Å². The number of hydrogen-bond donors (Lipinski definition) is 4. The molecule has 0 saturated carbocycles. The van der Waals surface area contributed by atoms with E-state index in [1.807, 2.05) is 48.5 Å². The molecule has 0 unspecified atom stereocenters. The number of alkyl carbamates (subject to hydrolysis) is 2. The number of aromatic amines is 2. The van der Waals surface area contributed by atoms with Crippen molar-refractivity contribution in [2.75, 3.05) is 27.3 Å². The van der Waals surface area contributed by atoms with E-state index in [0.717, 1.165) is 22.3 Å². The van der Waals surface area contributed by atoms with Crippen LogP contribution in [0.4, 0.5) is 18.4 Å². The van der Waals surface area contributed by atoms with E-state index in [4.69, 9.17) is 0 Å². The van der Waals surface area contributed by atoms with Gasteiger partial charge in [0.2, 0.25) is 11.8 Å². The lowest BCUT2D eigenvalue weighted by molar-refractivity contribution is -0.134. The molecule has 4 heterocycles. The molecule has 2 aromatic carbocycles. The normalized spacial score (nSPS) is 21.0. The highest BCUT2D eigenvalue weighted by molar-refractivity contribution is 5.86. The fourth-order valence-corrected chi connectivity index (χ4v) is 6.66. The van der Waals surface area contributed by atoms with Crippen molar-refractivity contribution in [2.45, 2.75) is 63.2 Å². The van der Waals surface area contributed by atoms with Gasteiger partial charge in [-0.05, 0) is 36.1 Å². The molecule has 16 heteroatoms. The number of hydrogen-bond acceptors (Lipinski definition) is 8. The first kappa shape index (κ1) is 36.0. The monoisotopic (exact) mass is 718 g/mol. The molecular weight excluding hydrogens is 678 g/mol. The maximum absolute atomic E-state index is 14.5. The lowest BCUT2D eigenvalue weighted by atomic mass is 10.0. The Labute approximate surface area is 298 Å². The molecule has 0 spiro atoms. The summed E-state index contributed by atoms with van der Waals surface area (Å²) in [4.78, 5) is 67.5. The summed E-state index contributed by atoms with van der Waals surface area (Å²) in [6, 6.07) is 12.6. The van der Waals surface area contributed by atoms with E-state index in [0.29, 0.717) is 23.0 Å². The molecule has 2 aliphatic heterocycles. The Balaban J connectivity index is 1.11. The molecule has 4 aromatic rings. The number of H-pyrrole nitrogens is 2. The Morgan fingerprint density at radius 3 is 1.37 bits per heavy atom. The lowest BCUT2D eigenvalue weighted by Crippen LogP contribution is -2.47. The standard InChI is InChI=1S/C36H40F2N8O6/c1-19(41-35(49)51-3)33(47)45-17-25(37)13-29(45)31-39-15-27(43-31)23-9-5-21(6-10-23)22-7-11-24(12-8-22)28-16-40-32(44-28)30-14-26(38)18-46(30)34(48)20(2)42-36(50)52-4/h5-12,15-16,19-20,25-26,29-30H,13-14,17-18H2,1-4H3,(H,39,43)(H,40,44)(H,41,49)(H,42,50)/t19-,20-,25-,26-,29-,30-/m0/s1. The van der Waals surface area contributed by atoms with Crippen LogP contribution in [0.3, 0.4) is 0 Å². The van der Waals surface area contributed by atoms with Gasteiger partial charge in [0, 0.05) is 12.8 Å². The van der Waals surface area contributed by atoms with Gasteiger partial charge in [-0.25, -0.2) is 28.3 Å². The van der Waals surface area contributed by atoms with Crippen LogP contribution in [0.25, 0.3) is 33.6 Å². The minimum atomic E-state index is -1.22. The molecule has 6 atom stereocenters. The van der Waals surface area contributed by atoms with Gasteiger partial charge in [0.1, 0.15) is 36.1 Å². The Kier molecular flexibility index (Phi) is 10.5. The Morgan fingerprint density at radius 1 is 0.673 bits per heavy atom. The number of carbonyl (C=O) groups excluding carboxylic acids is 4. The van der Waals surface area contributed by atoms with Gasteiger partial charge in [-0.15, -0.1) is 0 Å². The summed E-state index contributed by atoms with van der Waals surface area (Å²) in [5, 5.41) is 4.87. The van der Waals surface area contributed by atoms with Crippen LogP contribution in [0.5, 0.6) is 0 Å². The summed E-state index contributed by atoms with van der Waals surface area (Å²) in [6.45, 7) is 2.84. The van der Waals surface area contributed by atoms with E-state index in [1.54, 1.807) is 12.4 Å². The number of ether oxygens (including phenoxy) is 2. The lowest BCUT2D eigenvalue weighted by Gasteiger charge is -2.26. The predicted octanol–water partition coefficient (Wildman–Crippen LogP) is 4.85. The van der Waals surface area contributed by atoms with E-state index in [1.165, 1.54) is 37.9 Å². The zero-order valence-corrected chi connectivity index (χ0v) is 29.1. The van der Waals surface area contributed by atoms with Crippen molar-refractivity contribution >= 4 is 24.0 Å². The maximum atomic E-state index is 14.5. The third kappa shape index (κ3) is 7.60. The van der Waals surface area contributed by atoms with E-state index >= 15 is 0 Å². The smallest absolute Gasteiger partial charge is 0.407 e. The van der Waals surface area contributed by atoms with Crippen LogP contribution in [-0.2, 0) is 19.1 Å². The second kappa shape index (κ2) is 15.2. The van der Waals surface area contributed by atoms with Crippen molar-refractivity contribution in [3.8, 4) is 33.6 Å². The van der Waals surface area contributed by atoms with Gasteiger partial charge in [-0.3, -0.25) is 9.59 Å². The number of carbonyl (C=O) groups is 4. The fourth-order valence-electron chi connectivity index (χ4n) is 6.66. The molecule has 14 nitrogen and oxygen atoms in total. The molecule has 2 aliphatic rings. The van der Waals surface area contributed by atoms with Gasteiger partial charge < -0.3 is 39.9 Å². The molecule has 6 rings (SSSR count). The number of rotatable bonds is 9. The van der Waals surface area contributed by atoms with Crippen LogP contribution >= 0.6 is 0 Å². The van der Waals surface area contributed by atoms with Crippen molar-refractivity contribution in [2.24, 2.45) is 0 Å². The first-order valence-corrected chi connectivity index (χ1v) is 16.8. The molecule has 4 amide bonds. The zero-order valence-electron chi connectivity index (χ0n) is 29.1. The Bertz CT molecular complexity index is 1780. The SMILES string of the molecule is COC(=O)N[C@@H](C)C(=O)N1C[C@@H](F)C[C@H]1c1ncc(-c2ccc(-c3ccc(-c4cnc([C@@H]5C[C@H](F)CN5C(=O)[C@H](C)NC(=O)OC)[nH]4)cc3)cc2)[nH]1. The number of methoxy groups -OCH3 is 2. The quantitative estimate of drug-likeness (QED) is 0.190. The number of nitrogens with one attached hydrogen (secondary N) is 4. The summed E-state index contributed by atoms with van der Waals surface area (Å²) < 4.78 is 38.2. The van der Waals surface area contributed by atoms with Gasteiger partial charge in [-0.1, -0.05) is 48.5 Å². The maximum Gasteiger partial charge on any atom is 0.407 e. The average molecular weight is 719 g/mol. The first-order valence-electron chi connectivity index (χ1n) is 16.8. The highest BCUT2D eigenvalue weighted by atomic mass is 19.1. The number of imidazole rings is 2. The number of amides is 4. The van der Waals surface area contributed by atoms with Crippen molar-refractivity contribution in [3.63, 3.8) is 0 Å². The van der Waals surface area contributed by atoms with Crippen LogP contribution in [0, 0.1) is 0 Å². The van der Waals surface area contributed by atoms with Gasteiger partial charge in [0.25, 0.3) is 0 Å². The number of likely N-dealkylation sites (tertiary alicyclic amines) is 2. The number of benzene rings is 2. The Hall–Kier alpha value is -5.80. The van der Waals surface area contributed by atoms with Crippen LogP contribution in [0.15, 0.2) is 60.9 Å². The topological polar surface area (TPSA) is 175 Å². The predicted molar refractivity (Wildman–Crippen MR) is 185 cm³/mol. The minimum absolute atomic E-state index is 0.0880. The molecule has 0 radical (unpaired) electrons. The highest BCUT2D eigenvalue weighted by Crippen LogP contribution is 2.36. The highest BCUT2D eigenvalue weighted by Gasteiger charge is 2.41. The average Bonchev–Trinajstić information content (AvgIpc) is 3.97. The van der Waals surface area contributed by atoms with Gasteiger partial charge in [0.15, 0.2) is 0 Å². The molecule has 2 saturated heterocycles. The second-order valence-electron chi connectivity index (χ2n) is 12.9. The minimum Gasteiger partial charge on any atom is -0.453 e. The number of alkyl halides is 2.